The van der Waals surface area contributed by atoms with E-state index < -0.39 is 0 Å². The summed E-state index contributed by atoms with van der Waals surface area (Å²) in [4.78, 5) is 12.2. The average molecular weight is 302 g/mol. The van der Waals surface area contributed by atoms with E-state index in [9.17, 15) is 9.90 Å². The third kappa shape index (κ3) is 2.01. The van der Waals surface area contributed by atoms with Crippen LogP contribution in [0.25, 0.3) is 28.0 Å². The van der Waals surface area contributed by atoms with E-state index in [1.165, 1.54) is 6.08 Å². The minimum absolute atomic E-state index is 0.206. The number of aliphatic hydroxyl groups is 1. The second-order valence-electron chi connectivity index (χ2n) is 5.52. The van der Waals surface area contributed by atoms with Crippen LogP contribution in [0.1, 0.15) is 15.9 Å². The molecule has 1 aliphatic carbocycles. The van der Waals surface area contributed by atoms with Gasteiger partial charge in [-0.3, -0.25) is 4.79 Å². The summed E-state index contributed by atoms with van der Waals surface area (Å²) in [5.74, 6) is 0.275. The van der Waals surface area contributed by atoms with Gasteiger partial charge >= 0.3 is 0 Å². The van der Waals surface area contributed by atoms with Crippen LogP contribution in [0.3, 0.4) is 0 Å². The van der Waals surface area contributed by atoms with Crippen LogP contribution in [0.4, 0.5) is 0 Å². The third-order valence-corrected chi connectivity index (χ3v) is 4.24. The van der Waals surface area contributed by atoms with Crippen molar-refractivity contribution in [3.05, 3.63) is 71.5 Å². The summed E-state index contributed by atoms with van der Waals surface area (Å²) in [7, 11) is 1.64. The molecule has 112 valence electrons. The van der Waals surface area contributed by atoms with E-state index in [2.05, 4.69) is 0 Å². The monoisotopic (exact) mass is 302 g/mol. The lowest BCUT2D eigenvalue weighted by molar-refractivity contribution is 0.0981. The standard InChI is InChI=1S/C20H14O3/c1-23-14-7-5-12(6-8-14)15-9-10-17-19-13(3-2-4-16(15)19)11-18(21)20(17)22/h2-11,21H,1H3. The number of ketones is 1. The highest BCUT2D eigenvalue weighted by Gasteiger charge is 2.22. The Morgan fingerprint density at radius 1 is 0.913 bits per heavy atom. The SMILES string of the molecule is COc1ccc(-c2ccc3c4c(cccc24)C=C(O)C3=O)cc1. The molecule has 3 aromatic rings. The number of carbonyl (C=O) groups excluding carboxylic acids is 1. The van der Waals surface area contributed by atoms with Crippen LogP contribution in [0.5, 0.6) is 5.75 Å². The molecule has 0 heterocycles. The number of aliphatic hydroxyl groups excluding tert-OH is 1. The van der Waals surface area contributed by atoms with E-state index in [0.29, 0.717) is 5.56 Å². The lowest BCUT2D eigenvalue weighted by Gasteiger charge is -2.16. The molecule has 1 aliphatic rings. The van der Waals surface area contributed by atoms with Gasteiger partial charge in [0, 0.05) is 10.9 Å². The molecule has 0 radical (unpaired) electrons. The molecule has 0 saturated heterocycles. The Morgan fingerprint density at radius 3 is 2.39 bits per heavy atom. The van der Waals surface area contributed by atoms with Crippen LogP contribution in [-0.2, 0) is 0 Å². The highest BCUT2D eigenvalue weighted by Crippen LogP contribution is 2.37. The van der Waals surface area contributed by atoms with Crippen molar-refractivity contribution in [2.75, 3.05) is 7.11 Å². The van der Waals surface area contributed by atoms with Gasteiger partial charge in [-0.2, -0.15) is 0 Å². The molecule has 23 heavy (non-hydrogen) atoms. The molecular formula is C20H14O3. The van der Waals surface area contributed by atoms with E-state index in [-0.39, 0.29) is 11.5 Å². The van der Waals surface area contributed by atoms with E-state index in [4.69, 9.17) is 4.74 Å². The highest BCUT2D eigenvalue weighted by atomic mass is 16.5. The maximum absolute atomic E-state index is 12.2. The van der Waals surface area contributed by atoms with Crippen molar-refractivity contribution in [1.82, 2.24) is 0 Å². The first-order valence-corrected chi connectivity index (χ1v) is 7.34. The number of rotatable bonds is 2. The molecule has 0 amide bonds. The molecule has 4 rings (SSSR count). The molecule has 0 spiro atoms. The molecule has 0 saturated carbocycles. The first kappa shape index (κ1) is 13.6. The van der Waals surface area contributed by atoms with Crippen LogP contribution in [0, 0.1) is 0 Å². The number of carbonyl (C=O) groups is 1. The lowest BCUT2D eigenvalue weighted by atomic mass is 9.87. The van der Waals surface area contributed by atoms with Gasteiger partial charge in [0.15, 0.2) is 5.76 Å². The Kier molecular flexibility index (Phi) is 2.95. The fourth-order valence-corrected chi connectivity index (χ4v) is 3.12. The quantitative estimate of drug-likeness (QED) is 0.752. The predicted octanol–water partition coefficient (Wildman–Crippen LogP) is 4.61. The molecule has 0 aromatic heterocycles. The minimum Gasteiger partial charge on any atom is -0.504 e. The van der Waals surface area contributed by atoms with Gasteiger partial charge in [0.2, 0.25) is 5.78 Å². The molecular weight excluding hydrogens is 288 g/mol. The van der Waals surface area contributed by atoms with Gasteiger partial charge in [0.25, 0.3) is 0 Å². The molecule has 0 aliphatic heterocycles. The fraction of sp³-hybridized carbons (Fsp3) is 0.0500. The van der Waals surface area contributed by atoms with E-state index in [0.717, 1.165) is 33.2 Å². The van der Waals surface area contributed by atoms with E-state index in [1.807, 2.05) is 48.5 Å². The zero-order valence-electron chi connectivity index (χ0n) is 12.5. The number of hydrogen-bond donors (Lipinski definition) is 1. The molecule has 3 heteroatoms. The molecule has 0 atom stereocenters. The smallest absolute Gasteiger partial charge is 0.227 e. The maximum atomic E-state index is 12.2. The minimum atomic E-state index is -0.324. The summed E-state index contributed by atoms with van der Waals surface area (Å²) < 4.78 is 5.20. The number of ether oxygens (including phenoxy) is 1. The Bertz CT molecular complexity index is 966. The molecule has 3 aromatic carbocycles. The number of allylic oxidation sites excluding steroid dienone is 1. The first-order chi connectivity index (χ1) is 11.2. The number of methoxy groups -OCH3 is 1. The second-order valence-corrected chi connectivity index (χ2v) is 5.52. The van der Waals surface area contributed by atoms with Gasteiger partial charge in [0.05, 0.1) is 7.11 Å². The lowest BCUT2D eigenvalue weighted by Crippen LogP contribution is -2.08. The van der Waals surface area contributed by atoms with Crippen LogP contribution in [0.15, 0.2) is 60.4 Å². The molecule has 1 N–H and O–H groups in total. The van der Waals surface area contributed by atoms with Gasteiger partial charge < -0.3 is 9.84 Å². The van der Waals surface area contributed by atoms with Gasteiger partial charge in [-0.1, -0.05) is 36.4 Å². The van der Waals surface area contributed by atoms with Gasteiger partial charge in [-0.25, -0.2) is 0 Å². The maximum Gasteiger partial charge on any atom is 0.227 e. The van der Waals surface area contributed by atoms with Crippen molar-refractivity contribution in [2.45, 2.75) is 0 Å². The Balaban J connectivity index is 2.01. The molecule has 3 nitrogen and oxygen atoms in total. The number of hydrogen-bond acceptors (Lipinski definition) is 3. The molecule has 0 unspecified atom stereocenters. The Morgan fingerprint density at radius 2 is 1.65 bits per heavy atom. The third-order valence-electron chi connectivity index (χ3n) is 4.24. The predicted molar refractivity (Wildman–Crippen MR) is 90.9 cm³/mol. The van der Waals surface area contributed by atoms with E-state index in [1.54, 1.807) is 13.2 Å². The number of benzene rings is 3. The summed E-state index contributed by atoms with van der Waals surface area (Å²) in [6, 6.07) is 17.4. The summed E-state index contributed by atoms with van der Waals surface area (Å²) in [5.41, 5.74) is 3.52. The van der Waals surface area contributed by atoms with Crippen LogP contribution in [-0.4, -0.2) is 18.0 Å². The van der Waals surface area contributed by atoms with Gasteiger partial charge in [-0.05, 0) is 46.4 Å². The normalized spacial score (nSPS) is 13.1. The zero-order chi connectivity index (χ0) is 16.0. The van der Waals surface area contributed by atoms with Crippen molar-refractivity contribution in [3.63, 3.8) is 0 Å². The topological polar surface area (TPSA) is 46.5 Å². The fourth-order valence-electron chi connectivity index (χ4n) is 3.12. The Labute approximate surface area is 133 Å². The average Bonchev–Trinajstić information content (AvgIpc) is 2.59. The molecule has 0 bridgehead atoms. The Hall–Kier alpha value is -3.07. The summed E-state index contributed by atoms with van der Waals surface area (Å²) in [5, 5.41) is 11.7. The summed E-state index contributed by atoms with van der Waals surface area (Å²) in [6.07, 6.45) is 1.54. The summed E-state index contributed by atoms with van der Waals surface area (Å²) in [6.45, 7) is 0. The van der Waals surface area contributed by atoms with Gasteiger partial charge in [-0.15, -0.1) is 0 Å². The van der Waals surface area contributed by atoms with E-state index >= 15 is 0 Å². The van der Waals surface area contributed by atoms with Crippen molar-refractivity contribution in [3.8, 4) is 16.9 Å². The van der Waals surface area contributed by atoms with Crippen molar-refractivity contribution >= 4 is 22.6 Å². The second kappa shape index (κ2) is 4.99. The van der Waals surface area contributed by atoms with Crippen molar-refractivity contribution in [2.24, 2.45) is 0 Å². The zero-order valence-corrected chi connectivity index (χ0v) is 12.5. The summed E-state index contributed by atoms with van der Waals surface area (Å²) >= 11 is 0. The van der Waals surface area contributed by atoms with Crippen molar-refractivity contribution < 1.29 is 14.6 Å². The largest absolute Gasteiger partial charge is 0.504 e. The first-order valence-electron chi connectivity index (χ1n) is 7.34. The van der Waals surface area contributed by atoms with Gasteiger partial charge in [0.1, 0.15) is 5.75 Å². The van der Waals surface area contributed by atoms with Crippen LogP contribution >= 0.6 is 0 Å². The van der Waals surface area contributed by atoms with Crippen LogP contribution in [0.2, 0.25) is 0 Å². The highest BCUT2D eigenvalue weighted by molar-refractivity contribution is 6.23. The molecule has 0 fully saturated rings. The van der Waals surface area contributed by atoms with Crippen LogP contribution < -0.4 is 4.74 Å². The number of Topliss-reactive ketones (excluding diaryl/α,β-unsaturated/α-hetero) is 1. The van der Waals surface area contributed by atoms with Crippen molar-refractivity contribution in [1.29, 1.82) is 0 Å².